The van der Waals surface area contributed by atoms with E-state index in [1.165, 1.54) is 6.20 Å². The Morgan fingerprint density at radius 3 is 2.58 bits per heavy atom. The highest BCUT2D eigenvalue weighted by molar-refractivity contribution is 5.92. The van der Waals surface area contributed by atoms with Crippen LogP contribution in [0.25, 0.3) is 0 Å². The Balaban J connectivity index is 0.00000121. The lowest BCUT2D eigenvalue weighted by molar-refractivity contribution is 0.0995. The summed E-state index contributed by atoms with van der Waals surface area (Å²) in [6.45, 7) is 1.69. The van der Waals surface area contributed by atoms with E-state index < -0.39 is 5.91 Å². The van der Waals surface area contributed by atoms with Crippen molar-refractivity contribution in [3.63, 3.8) is 0 Å². The summed E-state index contributed by atoms with van der Waals surface area (Å²) in [6.07, 6.45) is 1.46. The van der Waals surface area contributed by atoms with Gasteiger partial charge in [-0.15, -0.1) is 0 Å². The molecule has 66 valence electrons. The molecule has 0 aliphatic heterocycles. The summed E-state index contributed by atoms with van der Waals surface area (Å²) in [4.78, 5) is 18.0. The first-order valence-electron chi connectivity index (χ1n) is 3.00. The molecular weight excluding hydrogens is 156 g/mol. The molecule has 0 radical (unpaired) electrons. The minimum Gasteiger partial charge on any atom is -0.368 e. The molecule has 0 fully saturated rings. The van der Waals surface area contributed by atoms with E-state index >= 15 is 0 Å². The Labute approximate surface area is 70.8 Å². The van der Waals surface area contributed by atoms with Gasteiger partial charge in [-0.05, 0) is 12.5 Å². The number of nitrogen functional groups attached to an aromatic ring is 1. The molecule has 1 amide bonds. The van der Waals surface area contributed by atoms with E-state index in [0.717, 1.165) is 0 Å². The average Bonchev–Trinajstić information content (AvgIpc) is 1.94. The normalized spacial score (nSPS) is 8.75. The van der Waals surface area contributed by atoms with Crippen LogP contribution in [-0.2, 0) is 0 Å². The number of anilines is 1. The van der Waals surface area contributed by atoms with Crippen LogP contribution in [0.4, 0.5) is 5.95 Å². The van der Waals surface area contributed by atoms with Crippen molar-refractivity contribution in [1.82, 2.24) is 9.97 Å². The Morgan fingerprint density at radius 2 is 2.17 bits per heavy atom. The SMILES string of the molecule is C.Cc1cnc(N)nc1C(N)=O. The maximum absolute atomic E-state index is 10.7. The predicted octanol–water partition coefficient (Wildman–Crippen LogP) is 0.102. The van der Waals surface area contributed by atoms with Crippen LogP contribution in [0.1, 0.15) is 23.5 Å². The maximum Gasteiger partial charge on any atom is 0.267 e. The molecule has 1 heterocycles. The Kier molecular flexibility index (Phi) is 3.15. The first kappa shape index (κ1) is 10.3. The molecule has 5 nitrogen and oxygen atoms in total. The summed E-state index contributed by atoms with van der Waals surface area (Å²) in [5.74, 6) is -0.527. The van der Waals surface area contributed by atoms with Gasteiger partial charge in [-0.25, -0.2) is 9.97 Å². The number of hydrogen-bond donors (Lipinski definition) is 2. The van der Waals surface area contributed by atoms with Crippen LogP contribution in [0, 0.1) is 6.92 Å². The van der Waals surface area contributed by atoms with E-state index in [4.69, 9.17) is 11.5 Å². The first-order valence-corrected chi connectivity index (χ1v) is 3.00. The molecule has 0 saturated heterocycles. The number of nitrogens with zero attached hydrogens (tertiary/aromatic N) is 2. The third kappa shape index (κ3) is 1.91. The van der Waals surface area contributed by atoms with Gasteiger partial charge in [0.2, 0.25) is 5.95 Å². The van der Waals surface area contributed by atoms with Gasteiger partial charge in [0.15, 0.2) is 0 Å². The monoisotopic (exact) mass is 168 g/mol. The number of carbonyl (C=O) groups is 1. The third-order valence-electron chi connectivity index (χ3n) is 1.22. The zero-order valence-electron chi connectivity index (χ0n) is 6.03. The average molecular weight is 168 g/mol. The van der Waals surface area contributed by atoms with E-state index in [9.17, 15) is 4.79 Å². The molecule has 0 bridgehead atoms. The van der Waals surface area contributed by atoms with Crippen LogP contribution in [0.5, 0.6) is 0 Å². The van der Waals surface area contributed by atoms with Crippen LogP contribution in [0.15, 0.2) is 6.20 Å². The van der Waals surface area contributed by atoms with Crippen LogP contribution < -0.4 is 11.5 Å². The number of amides is 1. The molecule has 4 N–H and O–H groups in total. The molecule has 0 unspecified atom stereocenters. The van der Waals surface area contributed by atoms with Gasteiger partial charge in [0.1, 0.15) is 5.69 Å². The molecule has 0 aliphatic carbocycles. The molecule has 0 saturated carbocycles. The smallest absolute Gasteiger partial charge is 0.267 e. The molecular formula is C7H12N4O. The summed E-state index contributed by atoms with van der Waals surface area (Å²) >= 11 is 0. The Hall–Kier alpha value is -1.65. The standard InChI is InChI=1S/C6H8N4O.CH4/c1-3-2-9-6(8)10-4(3)5(7)11;/h2H,1H3,(H2,7,11)(H2,8,9,10);1H4. The Morgan fingerprint density at radius 1 is 1.58 bits per heavy atom. The molecule has 0 spiro atoms. The van der Waals surface area contributed by atoms with E-state index in [2.05, 4.69) is 9.97 Å². The van der Waals surface area contributed by atoms with Crippen molar-refractivity contribution >= 4 is 11.9 Å². The largest absolute Gasteiger partial charge is 0.368 e. The minimum absolute atomic E-state index is 0. The van der Waals surface area contributed by atoms with Crippen LogP contribution >= 0.6 is 0 Å². The zero-order chi connectivity index (χ0) is 8.43. The van der Waals surface area contributed by atoms with Gasteiger partial charge in [0.05, 0.1) is 0 Å². The molecule has 0 aromatic carbocycles. The highest BCUT2D eigenvalue weighted by atomic mass is 16.1. The van der Waals surface area contributed by atoms with E-state index in [-0.39, 0.29) is 19.1 Å². The van der Waals surface area contributed by atoms with Crippen LogP contribution in [0.3, 0.4) is 0 Å². The lowest BCUT2D eigenvalue weighted by Gasteiger charge is -1.98. The summed E-state index contributed by atoms with van der Waals surface area (Å²) in [5.41, 5.74) is 11.0. The van der Waals surface area contributed by atoms with Crippen LogP contribution in [-0.4, -0.2) is 15.9 Å². The van der Waals surface area contributed by atoms with Gasteiger partial charge in [-0.3, -0.25) is 4.79 Å². The second-order valence-electron chi connectivity index (χ2n) is 2.12. The van der Waals surface area contributed by atoms with E-state index in [0.29, 0.717) is 5.56 Å². The van der Waals surface area contributed by atoms with Gasteiger partial charge >= 0.3 is 0 Å². The first-order chi connectivity index (χ1) is 5.11. The molecule has 0 aliphatic rings. The fraction of sp³-hybridized carbons (Fsp3) is 0.286. The number of hydrogen-bond acceptors (Lipinski definition) is 4. The number of aromatic nitrogens is 2. The molecule has 1 aromatic heterocycles. The highest BCUT2D eigenvalue weighted by Crippen LogP contribution is 2.02. The molecule has 1 aromatic rings. The third-order valence-corrected chi connectivity index (χ3v) is 1.22. The topological polar surface area (TPSA) is 94.9 Å². The predicted molar refractivity (Wildman–Crippen MR) is 46.4 cm³/mol. The number of aryl methyl sites for hydroxylation is 1. The summed E-state index contributed by atoms with van der Waals surface area (Å²) < 4.78 is 0. The quantitative estimate of drug-likeness (QED) is 0.621. The second kappa shape index (κ2) is 3.66. The van der Waals surface area contributed by atoms with Crippen molar-refractivity contribution < 1.29 is 4.79 Å². The van der Waals surface area contributed by atoms with Gasteiger partial charge in [-0.1, -0.05) is 7.43 Å². The summed E-state index contributed by atoms with van der Waals surface area (Å²) in [5, 5.41) is 0. The number of rotatable bonds is 1. The van der Waals surface area contributed by atoms with E-state index in [1.54, 1.807) is 6.92 Å². The number of primary amides is 1. The Bertz CT molecular complexity index is 297. The molecule has 5 heteroatoms. The molecule has 0 atom stereocenters. The fourth-order valence-corrected chi connectivity index (χ4v) is 0.705. The molecule has 12 heavy (non-hydrogen) atoms. The number of carbonyl (C=O) groups excluding carboxylic acids is 1. The van der Waals surface area contributed by atoms with Gasteiger partial charge in [0, 0.05) is 6.20 Å². The van der Waals surface area contributed by atoms with Gasteiger partial charge < -0.3 is 11.5 Å². The fourth-order valence-electron chi connectivity index (χ4n) is 0.705. The summed E-state index contributed by atoms with van der Waals surface area (Å²) in [6, 6.07) is 0. The minimum atomic E-state index is -0.586. The van der Waals surface area contributed by atoms with Crippen molar-refractivity contribution in [2.45, 2.75) is 14.4 Å². The van der Waals surface area contributed by atoms with Gasteiger partial charge in [-0.2, -0.15) is 0 Å². The lowest BCUT2D eigenvalue weighted by Crippen LogP contribution is -2.16. The van der Waals surface area contributed by atoms with Crippen molar-refractivity contribution in [2.75, 3.05) is 5.73 Å². The number of nitrogens with two attached hydrogens (primary N) is 2. The van der Waals surface area contributed by atoms with Crippen molar-refractivity contribution in [2.24, 2.45) is 5.73 Å². The highest BCUT2D eigenvalue weighted by Gasteiger charge is 2.06. The van der Waals surface area contributed by atoms with E-state index in [1.807, 2.05) is 0 Å². The zero-order valence-corrected chi connectivity index (χ0v) is 6.03. The van der Waals surface area contributed by atoms with Crippen molar-refractivity contribution in [3.05, 3.63) is 17.5 Å². The molecule has 1 rings (SSSR count). The van der Waals surface area contributed by atoms with Crippen molar-refractivity contribution in [1.29, 1.82) is 0 Å². The maximum atomic E-state index is 10.7. The lowest BCUT2D eigenvalue weighted by atomic mass is 10.2. The van der Waals surface area contributed by atoms with Crippen LogP contribution in [0.2, 0.25) is 0 Å². The summed E-state index contributed by atoms with van der Waals surface area (Å²) in [7, 11) is 0. The van der Waals surface area contributed by atoms with Crippen molar-refractivity contribution in [3.8, 4) is 0 Å². The second-order valence-corrected chi connectivity index (χ2v) is 2.12. The van der Waals surface area contributed by atoms with Gasteiger partial charge in [0.25, 0.3) is 5.91 Å².